The monoisotopic (exact) mass is 322 g/mol. The molecule has 120 valence electrons. The molecule has 1 heterocycles. The molecule has 0 radical (unpaired) electrons. The van der Waals surface area contributed by atoms with Crippen LogP contribution in [0.3, 0.4) is 0 Å². The summed E-state index contributed by atoms with van der Waals surface area (Å²) in [7, 11) is 0. The number of hydrogen-bond donors (Lipinski definition) is 0. The third kappa shape index (κ3) is 4.07. The predicted molar refractivity (Wildman–Crippen MR) is 89.8 cm³/mol. The average Bonchev–Trinajstić information content (AvgIpc) is 3.09. The van der Waals surface area contributed by atoms with E-state index in [-0.39, 0.29) is 5.88 Å². The first-order valence-electron chi connectivity index (χ1n) is 7.26. The zero-order valence-corrected chi connectivity index (χ0v) is 12.7. The number of furan rings is 1. The summed E-state index contributed by atoms with van der Waals surface area (Å²) in [5.74, 6) is 0.763. The Morgan fingerprint density at radius 3 is 2.46 bits per heavy atom. The fraction of sp³-hybridized carbons (Fsp3) is 0.0556. The summed E-state index contributed by atoms with van der Waals surface area (Å²) < 4.78 is 10.7. The van der Waals surface area contributed by atoms with Gasteiger partial charge in [-0.2, -0.15) is 0 Å². The number of hydrogen-bond acceptors (Lipinski definition) is 5. The van der Waals surface area contributed by atoms with Crippen LogP contribution in [0.5, 0.6) is 5.75 Å². The standard InChI is InChI=1S/C18H14N2O4/c21-20(22)18-11-10-17(24-18)12-19-15-6-8-16(9-7-15)23-13-14-4-2-1-3-5-14/h1-12H,13H2. The molecule has 0 atom stereocenters. The van der Waals surface area contributed by atoms with Crippen LogP contribution in [-0.4, -0.2) is 11.1 Å². The van der Waals surface area contributed by atoms with E-state index in [1.807, 2.05) is 42.5 Å². The molecule has 24 heavy (non-hydrogen) atoms. The topological polar surface area (TPSA) is 77.9 Å². The van der Waals surface area contributed by atoms with Gasteiger partial charge in [0.1, 0.15) is 17.3 Å². The lowest BCUT2D eigenvalue weighted by atomic mass is 10.2. The van der Waals surface area contributed by atoms with Crippen LogP contribution in [0.15, 0.2) is 76.1 Å². The van der Waals surface area contributed by atoms with Gasteiger partial charge in [0.15, 0.2) is 5.76 Å². The van der Waals surface area contributed by atoms with E-state index in [2.05, 4.69) is 4.99 Å². The fourth-order valence-electron chi connectivity index (χ4n) is 2.02. The summed E-state index contributed by atoms with van der Waals surface area (Å²) in [5.41, 5.74) is 1.79. The maximum Gasteiger partial charge on any atom is 0.433 e. The maximum absolute atomic E-state index is 10.5. The molecule has 0 N–H and O–H groups in total. The van der Waals surface area contributed by atoms with E-state index < -0.39 is 4.92 Å². The molecule has 6 nitrogen and oxygen atoms in total. The summed E-state index contributed by atoms with van der Waals surface area (Å²) >= 11 is 0. The van der Waals surface area contributed by atoms with Crippen LogP contribution >= 0.6 is 0 Å². The molecule has 0 saturated heterocycles. The minimum atomic E-state index is -0.587. The summed E-state index contributed by atoms with van der Waals surface area (Å²) in [4.78, 5) is 14.2. The number of nitrogens with zero attached hydrogens (tertiary/aromatic N) is 2. The number of benzene rings is 2. The van der Waals surface area contributed by atoms with Gasteiger partial charge in [0.05, 0.1) is 18.0 Å². The van der Waals surface area contributed by atoms with Crippen LogP contribution in [0.2, 0.25) is 0 Å². The quantitative estimate of drug-likeness (QED) is 0.380. The van der Waals surface area contributed by atoms with Crippen LogP contribution in [0.25, 0.3) is 0 Å². The minimum absolute atomic E-state index is 0.305. The van der Waals surface area contributed by atoms with Crippen LogP contribution in [0.1, 0.15) is 11.3 Å². The number of rotatable bonds is 6. The molecule has 0 aliphatic heterocycles. The molecule has 0 fully saturated rings. The molecule has 3 rings (SSSR count). The third-order valence-electron chi connectivity index (χ3n) is 3.22. The van der Waals surface area contributed by atoms with Crippen molar-refractivity contribution in [1.29, 1.82) is 0 Å². The predicted octanol–water partition coefficient (Wildman–Crippen LogP) is 4.52. The number of nitro groups is 1. The van der Waals surface area contributed by atoms with Gasteiger partial charge in [0.25, 0.3) is 0 Å². The van der Waals surface area contributed by atoms with Crippen LogP contribution in [0.4, 0.5) is 11.6 Å². The molecule has 0 aliphatic rings. The van der Waals surface area contributed by atoms with E-state index >= 15 is 0 Å². The second-order valence-corrected chi connectivity index (χ2v) is 4.96. The smallest absolute Gasteiger partial charge is 0.433 e. The number of aliphatic imine (C=N–C) groups is 1. The van der Waals surface area contributed by atoms with Gasteiger partial charge in [-0.25, -0.2) is 0 Å². The Kier molecular flexibility index (Phi) is 4.67. The highest BCUT2D eigenvalue weighted by Gasteiger charge is 2.10. The van der Waals surface area contributed by atoms with Crippen molar-refractivity contribution in [3.05, 3.63) is 88.2 Å². The highest BCUT2D eigenvalue weighted by atomic mass is 16.6. The van der Waals surface area contributed by atoms with Crippen LogP contribution in [0, 0.1) is 10.1 Å². The van der Waals surface area contributed by atoms with E-state index in [1.165, 1.54) is 18.3 Å². The van der Waals surface area contributed by atoms with Crippen molar-refractivity contribution in [2.45, 2.75) is 6.61 Å². The lowest BCUT2D eigenvalue weighted by Crippen LogP contribution is -1.94. The molecule has 0 saturated carbocycles. The van der Waals surface area contributed by atoms with Gasteiger partial charge in [-0.1, -0.05) is 30.3 Å². The first-order chi connectivity index (χ1) is 11.7. The largest absolute Gasteiger partial charge is 0.489 e. The van der Waals surface area contributed by atoms with Gasteiger partial charge in [-0.3, -0.25) is 15.1 Å². The van der Waals surface area contributed by atoms with Gasteiger partial charge in [0, 0.05) is 0 Å². The minimum Gasteiger partial charge on any atom is -0.489 e. The molecule has 0 amide bonds. The summed E-state index contributed by atoms with van der Waals surface area (Å²) in [5, 5.41) is 10.5. The SMILES string of the molecule is O=[N+]([O-])c1ccc(C=Nc2ccc(OCc3ccccc3)cc2)o1. The van der Waals surface area contributed by atoms with Gasteiger partial charge in [-0.05, 0) is 35.9 Å². The fourth-order valence-corrected chi connectivity index (χ4v) is 2.02. The lowest BCUT2D eigenvalue weighted by molar-refractivity contribution is -0.402. The van der Waals surface area contributed by atoms with Gasteiger partial charge in [-0.15, -0.1) is 0 Å². The molecule has 0 aliphatic carbocycles. The van der Waals surface area contributed by atoms with E-state index in [0.717, 1.165) is 11.3 Å². The third-order valence-corrected chi connectivity index (χ3v) is 3.22. The summed E-state index contributed by atoms with van der Waals surface area (Å²) in [6, 6.07) is 19.9. The molecule has 0 bridgehead atoms. The van der Waals surface area contributed by atoms with Crippen molar-refractivity contribution in [3.63, 3.8) is 0 Å². The Morgan fingerprint density at radius 2 is 1.79 bits per heavy atom. The van der Waals surface area contributed by atoms with Crippen LogP contribution < -0.4 is 4.74 Å². The molecular weight excluding hydrogens is 308 g/mol. The molecule has 6 heteroatoms. The highest BCUT2D eigenvalue weighted by molar-refractivity contribution is 5.79. The Balaban J connectivity index is 1.59. The second-order valence-electron chi connectivity index (χ2n) is 4.96. The molecule has 1 aromatic heterocycles. The van der Waals surface area contributed by atoms with Gasteiger partial charge in [0.2, 0.25) is 0 Å². The summed E-state index contributed by atoms with van der Waals surface area (Å²) in [6.45, 7) is 0.500. The summed E-state index contributed by atoms with van der Waals surface area (Å²) in [6.07, 6.45) is 1.44. The lowest BCUT2D eigenvalue weighted by Gasteiger charge is -2.06. The van der Waals surface area contributed by atoms with E-state index in [9.17, 15) is 10.1 Å². The second kappa shape index (κ2) is 7.23. The van der Waals surface area contributed by atoms with Crippen molar-refractivity contribution in [1.82, 2.24) is 0 Å². The van der Waals surface area contributed by atoms with E-state index in [1.54, 1.807) is 12.1 Å². The van der Waals surface area contributed by atoms with Crippen molar-refractivity contribution < 1.29 is 14.1 Å². The highest BCUT2D eigenvalue weighted by Crippen LogP contribution is 2.20. The Hall–Kier alpha value is -3.41. The Morgan fingerprint density at radius 1 is 1.04 bits per heavy atom. The normalized spacial score (nSPS) is 10.8. The zero-order valence-electron chi connectivity index (χ0n) is 12.7. The zero-order chi connectivity index (χ0) is 16.8. The van der Waals surface area contributed by atoms with Crippen molar-refractivity contribution in [2.24, 2.45) is 4.99 Å². The first-order valence-corrected chi connectivity index (χ1v) is 7.26. The van der Waals surface area contributed by atoms with Crippen molar-refractivity contribution in [3.8, 4) is 5.75 Å². The molecule has 0 spiro atoms. The van der Waals surface area contributed by atoms with Crippen molar-refractivity contribution in [2.75, 3.05) is 0 Å². The molecular formula is C18H14N2O4. The molecule has 3 aromatic rings. The Bertz CT molecular complexity index is 839. The van der Waals surface area contributed by atoms with Crippen LogP contribution in [-0.2, 0) is 6.61 Å². The van der Waals surface area contributed by atoms with Gasteiger partial charge >= 0.3 is 5.88 Å². The molecule has 2 aromatic carbocycles. The molecule has 0 unspecified atom stereocenters. The maximum atomic E-state index is 10.5. The first kappa shape index (κ1) is 15.5. The average molecular weight is 322 g/mol. The van der Waals surface area contributed by atoms with E-state index in [4.69, 9.17) is 9.15 Å². The van der Waals surface area contributed by atoms with Gasteiger partial charge < -0.3 is 9.15 Å². The van der Waals surface area contributed by atoms with Crippen molar-refractivity contribution >= 4 is 17.8 Å². The Labute approximate surface area is 138 Å². The van der Waals surface area contributed by atoms with E-state index in [0.29, 0.717) is 18.1 Å². The number of ether oxygens (including phenoxy) is 1.